The van der Waals surface area contributed by atoms with Gasteiger partial charge in [-0.1, -0.05) is 12.8 Å². The minimum Gasteiger partial charge on any atom is -0.391 e. The Morgan fingerprint density at radius 1 is 1.38 bits per heavy atom. The lowest BCUT2D eigenvalue weighted by Crippen LogP contribution is -2.51. The van der Waals surface area contributed by atoms with E-state index in [0.29, 0.717) is 0 Å². The van der Waals surface area contributed by atoms with E-state index in [1.54, 1.807) is 11.8 Å². The number of carbonyl (C=O) groups excluding carboxylic acids is 1. The molecule has 0 aromatic carbocycles. The summed E-state index contributed by atoms with van der Waals surface area (Å²) >= 11 is 1.74. The Hall–Kier alpha value is 0.0300. The zero-order valence-electron chi connectivity index (χ0n) is 9.15. The van der Waals surface area contributed by atoms with Gasteiger partial charge in [0.05, 0.1) is 18.2 Å². The summed E-state index contributed by atoms with van der Waals surface area (Å²) in [5.74, 6) is 1.74. The molecule has 1 unspecified atom stereocenters. The van der Waals surface area contributed by atoms with Crippen LogP contribution >= 0.6 is 24.2 Å². The molecule has 0 aromatic rings. The van der Waals surface area contributed by atoms with Gasteiger partial charge in [0.1, 0.15) is 0 Å². The van der Waals surface area contributed by atoms with Crippen molar-refractivity contribution in [3.05, 3.63) is 0 Å². The number of rotatable bonds is 2. The maximum Gasteiger partial charge on any atom is 0.238 e. The highest BCUT2D eigenvalue weighted by Gasteiger charge is 2.28. The lowest BCUT2D eigenvalue weighted by Gasteiger charge is -2.29. The van der Waals surface area contributed by atoms with Gasteiger partial charge in [-0.2, -0.15) is 0 Å². The molecule has 1 saturated heterocycles. The van der Waals surface area contributed by atoms with Crippen molar-refractivity contribution in [3.63, 3.8) is 0 Å². The largest absolute Gasteiger partial charge is 0.391 e. The number of nitrogens with one attached hydrogen (secondary N) is 2. The summed E-state index contributed by atoms with van der Waals surface area (Å²) in [4.78, 5) is 11.8. The highest BCUT2D eigenvalue weighted by atomic mass is 35.5. The molecule has 1 aliphatic carbocycles. The van der Waals surface area contributed by atoms with Crippen molar-refractivity contribution in [2.24, 2.45) is 0 Å². The SMILES string of the molecule is Cl.O=C(N[C@H]1CCCC[C@@H]1O)C1CSCN1. The van der Waals surface area contributed by atoms with Crippen molar-refractivity contribution in [3.8, 4) is 0 Å². The molecule has 3 N–H and O–H groups in total. The third-order valence-electron chi connectivity index (χ3n) is 3.09. The Morgan fingerprint density at radius 2 is 2.12 bits per heavy atom. The van der Waals surface area contributed by atoms with Gasteiger partial charge < -0.3 is 10.4 Å². The third kappa shape index (κ3) is 3.52. The number of aliphatic hydroxyl groups excluding tert-OH is 1. The number of thioether (sulfide) groups is 1. The van der Waals surface area contributed by atoms with Crippen LogP contribution in [0.4, 0.5) is 0 Å². The molecule has 2 aliphatic rings. The summed E-state index contributed by atoms with van der Waals surface area (Å²) in [5, 5.41) is 15.8. The molecule has 1 saturated carbocycles. The van der Waals surface area contributed by atoms with E-state index in [4.69, 9.17) is 0 Å². The van der Waals surface area contributed by atoms with E-state index in [9.17, 15) is 9.90 Å². The van der Waals surface area contributed by atoms with Crippen LogP contribution in [0.15, 0.2) is 0 Å². The minimum atomic E-state index is -0.350. The van der Waals surface area contributed by atoms with E-state index in [2.05, 4.69) is 10.6 Å². The molecule has 0 spiro atoms. The Balaban J connectivity index is 0.00000128. The first kappa shape index (κ1) is 14.1. The molecule has 6 heteroatoms. The number of hydrogen-bond donors (Lipinski definition) is 3. The standard InChI is InChI=1S/C10H18N2O2S.ClH/c13-9-4-2-1-3-7(9)12-10(14)8-5-15-6-11-8;/h7-9,11,13H,1-6H2,(H,12,14);1H/t7-,8?,9-;/m0./s1. The normalized spacial score (nSPS) is 34.2. The predicted molar refractivity (Wildman–Crippen MR) is 67.9 cm³/mol. The molecule has 3 atom stereocenters. The van der Waals surface area contributed by atoms with Crippen LogP contribution in [0.25, 0.3) is 0 Å². The number of carbonyl (C=O) groups is 1. The van der Waals surface area contributed by atoms with E-state index in [-0.39, 0.29) is 36.5 Å². The van der Waals surface area contributed by atoms with Crippen molar-refractivity contribution < 1.29 is 9.90 Å². The van der Waals surface area contributed by atoms with Crippen LogP contribution in [0.5, 0.6) is 0 Å². The van der Waals surface area contributed by atoms with Crippen molar-refractivity contribution >= 4 is 30.1 Å². The predicted octanol–water partition coefficient (Wildman–Crippen LogP) is 0.490. The highest BCUT2D eigenvalue weighted by Crippen LogP contribution is 2.19. The molecular weight excluding hydrogens is 248 g/mol. The summed E-state index contributed by atoms with van der Waals surface area (Å²) in [6.45, 7) is 0. The fourth-order valence-corrected chi connectivity index (χ4v) is 3.07. The van der Waals surface area contributed by atoms with E-state index < -0.39 is 0 Å². The zero-order chi connectivity index (χ0) is 10.7. The van der Waals surface area contributed by atoms with Crippen molar-refractivity contribution in [1.82, 2.24) is 10.6 Å². The molecular formula is C10H19ClN2O2S. The lowest BCUT2D eigenvalue weighted by molar-refractivity contribution is -0.124. The number of aliphatic hydroxyl groups is 1. The molecule has 94 valence electrons. The van der Waals surface area contributed by atoms with Gasteiger partial charge in [0, 0.05) is 11.6 Å². The molecule has 1 heterocycles. The molecule has 2 fully saturated rings. The molecule has 1 amide bonds. The fraction of sp³-hybridized carbons (Fsp3) is 0.900. The van der Waals surface area contributed by atoms with Gasteiger partial charge in [-0.3, -0.25) is 10.1 Å². The Labute approximate surface area is 106 Å². The summed E-state index contributed by atoms with van der Waals surface area (Å²) in [6.07, 6.45) is 3.56. The summed E-state index contributed by atoms with van der Waals surface area (Å²) in [6, 6.07) is -0.0947. The number of amides is 1. The smallest absolute Gasteiger partial charge is 0.238 e. The first-order valence-corrected chi connectivity index (χ1v) is 6.72. The molecule has 0 aromatic heterocycles. The summed E-state index contributed by atoms with van der Waals surface area (Å²) in [7, 11) is 0. The van der Waals surface area contributed by atoms with Gasteiger partial charge in [0.25, 0.3) is 0 Å². The molecule has 16 heavy (non-hydrogen) atoms. The van der Waals surface area contributed by atoms with Gasteiger partial charge in [-0.25, -0.2) is 0 Å². The second-order valence-electron chi connectivity index (χ2n) is 4.24. The molecule has 1 aliphatic heterocycles. The first-order valence-electron chi connectivity index (χ1n) is 5.57. The number of hydrogen-bond acceptors (Lipinski definition) is 4. The summed E-state index contributed by atoms with van der Waals surface area (Å²) < 4.78 is 0. The first-order chi connectivity index (χ1) is 7.27. The third-order valence-corrected chi connectivity index (χ3v) is 4.03. The van der Waals surface area contributed by atoms with Crippen molar-refractivity contribution in [2.45, 2.75) is 43.9 Å². The maximum absolute atomic E-state index is 11.8. The second-order valence-corrected chi connectivity index (χ2v) is 5.27. The molecule has 0 bridgehead atoms. The average Bonchev–Trinajstić information content (AvgIpc) is 2.74. The Kier molecular flexibility index (Phi) is 5.89. The van der Waals surface area contributed by atoms with Crippen LogP contribution in [-0.2, 0) is 4.79 Å². The Bertz CT molecular complexity index is 237. The topological polar surface area (TPSA) is 61.4 Å². The maximum atomic E-state index is 11.8. The Morgan fingerprint density at radius 3 is 2.75 bits per heavy atom. The molecule has 4 nitrogen and oxygen atoms in total. The lowest BCUT2D eigenvalue weighted by atomic mass is 9.92. The van der Waals surface area contributed by atoms with Crippen LogP contribution in [0.2, 0.25) is 0 Å². The zero-order valence-corrected chi connectivity index (χ0v) is 10.8. The van der Waals surface area contributed by atoms with Crippen LogP contribution in [0, 0.1) is 0 Å². The van der Waals surface area contributed by atoms with Crippen LogP contribution in [0.1, 0.15) is 25.7 Å². The molecule has 2 rings (SSSR count). The highest BCUT2D eigenvalue weighted by molar-refractivity contribution is 7.99. The van der Waals surface area contributed by atoms with Gasteiger partial charge in [-0.15, -0.1) is 24.2 Å². The second kappa shape index (κ2) is 6.69. The van der Waals surface area contributed by atoms with Crippen LogP contribution in [0.3, 0.4) is 0 Å². The van der Waals surface area contributed by atoms with Crippen molar-refractivity contribution in [2.75, 3.05) is 11.6 Å². The van der Waals surface area contributed by atoms with Gasteiger partial charge in [-0.05, 0) is 12.8 Å². The van der Waals surface area contributed by atoms with E-state index >= 15 is 0 Å². The molecule has 0 radical (unpaired) electrons. The van der Waals surface area contributed by atoms with Crippen LogP contribution < -0.4 is 10.6 Å². The quantitative estimate of drug-likeness (QED) is 0.681. The monoisotopic (exact) mass is 266 g/mol. The van der Waals surface area contributed by atoms with E-state index in [0.717, 1.165) is 37.3 Å². The summed E-state index contributed by atoms with van der Waals surface area (Å²) in [5.41, 5.74) is 0. The van der Waals surface area contributed by atoms with Gasteiger partial charge in [0.2, 0.25) is 5.91 Å². The van der Waals surface area contributed by atoms with E-state index in [1.165, 1.54) is 0 Å². The van der Waals surface area contributed by atoms with Gasteiger partial charge in [0.15, 0.2) is 0 Å². The minimum absolute atomic E-state index is 0. The van der Waals surface area contributed by atoms with Crippen molar-refractivity contribution in [1.29, 1.82) is 0 Å². The van der Waals surface area contributed by atoms with Crippen LogP contribution in [-0.4, -0.2) is 40.8 Å². The number of halogens is 1. The van der Waals surface area contributed by atoms with E-state index in [1.807, 2.05) is 0 Å². The van der Waals surface area contributed by atoms with Gasteiger partial charge >= 0.3 is 0 Å². The average molecular weight is 267 g/mol. The fourth-order valence-electron chi connectivity index (χ4n) is 2.13.